The number of H-pyrrole nitrogens is 1. The van der Waals surface area contributed by atoms with Crippen molar-refractivity contribution < 1.29 is 37.9 Å². The Morgan fingerprint density at radius 2 is 1.43 bits per heavy atom. The molecule has 13 heteroatoms. The number of sulfone groups is 1. The number of nitrogens with zero attached hydrogens (tertiary/aromatic N) is 1. The van der Waals surface area contributed by atoms with Gasteiger partial charge in [0.05, 0.1) is 20.8 Å². The van der Waals surface area contributed by atoms with Crippen LogP contribution in [0.3, 0.4) is 0 Å². The van der Waals surface area contributed by atoms with Gasteiger partial charge in [0.1, 0.15) is 29.1 Å². The maximum Gasteiger partial charge on any atom is 0.330 e. The van der Waals surface area contributed by atoms with E-state index in [4.69, 9.17) is 14.2 Å². The Labute approximate surface area is 252 Å². The Kier molecular flexibility index (Phi) is 8.03. The van der Waals surface area contributed by atoms with Crippen LogP contribution in [0, 0.1) is 0 Å². The molecule has 0 radical (unpaired) electrons. The molecule has 1 aliphatic rings. The first kappa shape index (κ1) is 31.2. The summed E-state index contributed by atoms with van der Waals surface area (Å²) in [5.74, 6) is 0.454. The van der Waals surface area contributed by atoms with Gasteiger partial charge in [-0.3, -0.25) is 14.3 Å². The predicted molar refractivity (Wildman–Crippen MR) is 159 cm³/mol. The molecular formula is C31H32N2O10S. The number of aromatic amines is 1. The predicted octanol–water partition coefficient (Wildman–Crippen LogP) is 0.726. The quantitative estimate of drug-likeness (QED) is 0.194. The molecule has 0 bridgehead atoms. The molecule has 0 amide bonds. The van der Waals surface area contributed by atoms with Crippen molar-refractivity contribution in [2.75, 3.05) is 27.1 Å². The number of hydrogen-bond acceptors (Lipinski definition) is 10. The van der Waals surface area contributed by atoms with Gasteiger partial charge >= 0.3 is 5.69 Å². The number of rotatable bonds is 9. The van der Waals surface area contributed by atoms with Crippen LogP contribution >= 0.6 is 0 Å². The molecule has 1 aromatic heterocycles. The molecule has 4 aromatic rings. The summed E-state index contributed by atoms with van der Waals surface area (Å²) in [6.07, 6.45) is -2.76. The van der Waals surface area contributed by atoms with Crippen LogP contribution in [-0.4, -0.2) is 77.5 Å². The van der Waals surface area contributed by atoms with Crippen LogP contribution in [0.5, 0.6) is 11.5 Å². The fourth-order valence-electron chi connectivity index (χ4n) is 6.42. The molecule has 5 rings (SSSR count). The minimum absolute atomic E-state index is 0.227. The Morgan fingerprint density at radius 1 is 0.909 bits per heavy atom. The smallest absolute Gasteiger partial charge is 0.330 e. The van der Waals surface area contributed by atoms with Crippen molar-refractivity contribution in [3.8, 4) is 11.5 Å². The van der Waals surface area contributed by atoms with Gasteiger partial charge in [-0.1, -0.05) is 66.7 Å². The summed E-state index contributed by atoms with van der Waals surface area (Å²) in [5.41, 5.74) is -5.72. The van der Waals surface area contributed by atoms with E-state index < -0.39 is 56.0 Å². The van der Waals surface area contributed by atoms with Crippen molar-refractivity contribution >= 4 is 9.84 Å². The van der Waals surface area contributed by atoms with Crippen LogP contribution in [0.15, 0.2) is 101 Å². The van der Waals surface area contributed by atoms with Crippen LogP contribution in [0.25, 0.3) is 0 Å². The Hall–Kier alpha value is -4.27. The number of para-hydroxylation sites is 2. The average molecular weight is 625 g/mol. The number of aliphatic hydroxyl groups excluding tert-OH is 2. The fraction of sp³-hybridized carbons (Fsp3) is 0.290. The normalized spacial score (nSPS) is 23.8. The molecule has 232 valence electrons. The Bertz CT molecular complexity index is 1840. The monoisotopic (exact) mass is 624 g/mol. The third kappa shape index (κ3) is 4.23. The molecule has 0 aliphatic carbocycles. The van der Waals surface area contributed by atoms with Gasteiger partial charge in [-0.15, -0.1) is 0 Å². The van der Waals surface area contributed by atoms with Crippen molar-refractivity contribution in [3.63, 3.8) is 0 Å². The molecule has 12 nitrogen and oxygen atoms in total. The van der Waals surface area contributed by atoms with Crippen LogP contribution in [0.2, 0.25) is 0 Å². The van der Waals surface area contributed by atoms with E-state index in [1.807, 2.05) is 0 Å². The van der Waals surface area contributed by atoms with Gasteiger partial charge in [-0.25, -0.2) is 13.2 Å². The maximum absolute atomic E-state index is 13.8. The van der Waals surface area contributed by atoms with Crippen LogP contribution in [0.1, 0.15) is 16.7 Å². The first-order valence-corrected chi connectivity index (χ1v) is 15.4. The van der Waals surface area contributed by atoms with Gasteiger partial charge < -0.3 is 29.5 Å². The molecule has 1 aliphatic heterocycles. The maximum atomic E-state index is 13.8. The first-order chi connectivity index (χ1) is 20.9. The van der Waals surface area contributed by atoms with Crippen LogP contribution in [0.4, 0.5) is 0 Å². The summed E-state index contributed by atoms with van der Waals surface area (Å²) in [6.45, 7) is -1.08. The second kappa shape index (κ2) is 11.3. The molecule has 44 heavy (non-hydrogen) atoms. The third-order valence-electron chi connectivity index (χ3n) is 8.25. The zero-order chi connectivity index (χ0) is 31.9. The minimum atomic E-state index is -4.68. The highest BCUT2D eigenvalue weighted by molar-refractivity contribution is 7.92. The lowest BCUT2D eigenvalue weighted by Crippen LogP contribution is -2.67. The van der Waals surface area contributed by atoms with E-state index in [0.29, 0.717) is 11.8 Å². The van der Waals surface area contributed by atoms with E-state index >= 15 is 0 Å². The molecule has 2 heterocycles. The topological polar surface area (TPSA) is 177 Å². The van der Waals surface area contributed by atoms with E-state index in [1.54, 1.807) is 78.9 Å². The van der Waals surface area contributed by atoms with E-state index in [9.17, 15) is 33.3 Å². The Balaban J connectivity index is 2.17. The van der Waals surface area contributed by atoms with Crippen LogP contribution in [-0.2, 0) is 25.7 Å². The average Bonchev–Trinajstić information content (AvgIpc) is 3.26. The van der Waals surface area contributed by atoms with Gasteiger partial charge in [0.25, 0.3) is 5.56 Å². The van der Waals surface area contributed by atoms with Crippen LogP contribution < -0.4 is 20.7 Å². The van der Waals surface area contributed by atoms with E-state index in [-0.39, 0.29) is 22.6 Å². The van der Waals surface area contributed by atoms with Crippen molar-refractivity contribution in [1.82, 2.24) is 9.55 Å². The van der Waals surface area contributed by atoms with Gasteiger partial charge in [0.15, 0.2) is 15.6 Å². The summed E-state index contributed by atoms with van der Waals surface area (Å²) in [4.78, 5) is 25.1. The molecule has 4 N–H and O–H groups in total. The summed E-state index contributed by atoms with van der Waals surface area (Å²) < 4.78 is 45.7. The summed E-state index contributed by atoms with van der Waals surface area (Å²) in [5, 5.41) is 35.0. The van der Waals surface area contributed by atoms with E-state index in [2.05, 4.69) is 4.98 Å². The highest BCUT2D eigenvalue weighted by Crippen LogP contribution is 2.62. The standard InChI is InChI=1S/C31H32N2O10S/c1-41-23-15-9-7-13-21(23)29(20-11-5-4-6-12-20,22-14-8-10-16-24(22)42-2)31(33-18-17-26(35)32-28(33)37)27(36)30(38,44(3,39)40)25(19-34)43-31/h4-18,25,27,34,36,38H,19H2,1-3H3,(H,32,35,37)/t25-,27-,30+,31+/m1/s1. The lowest BCUT2D eigenvalue weighted by molar-refractivity contribution is -0.180. The molecule has 0 saturated carbocycles. The van der Waals surface area contributed by atoms with Crippen molar-refractivity contribution in [3.05, 3.63) is 129 Å². The first-order valence-electron chi connectivity index (χ1n) is 13.5. The molecule has 1 fully saturated rings. The minimum Gasteiger partial charge on any atom is -0.496 e. The zero-order valence-corrected chi connectivity index (χ0v) is 24.9. The zero-order valence-electron chi connectivity index (χ0n) is 24.1. The van der Waals surface area contributed by atoms with Gasteiger partial charge in [-0.2, -0.15) is 0 Å². The Morgan fingerprint density at radius 3 is 1.89 bits per heavy atom. The van der Waals surface area contributed by atoms with E-state index in [1.165, 1.54) is 14.2 Å². The number of hydrogen-bond donors (Lipinski definition) is 4. The summed E-state index contributed by atoms with van der Waals surface area (Å²) in [6, 6.07) is 22.7. The molecule has 0 spiro atoms. The van der Waals surface area contributed by atoms with Gasteiger partial charge in [0, 0.05) is 29.6 Å². The van der Waals surface area contributed by atoms with Crippen molar-refractivity contribution in [2.24, 2.45) is 0 Å². The fourth-order valence-corrected chi connectivity index (χ4v) is 7.58. The molecule has 1 saturated heterocycles. The number of aliphatic hydroxyl groups is 3. The van der Waals surface area contributed by atoms with Crippen molar-refractivity contribution in [1.29, 1.82) is 0 Å². The SMILES string of the molecule is COc1ccccc1C(c1ccccc1)(c1ccccc1OC)[C@@]1(n2ccc(=O)[nH]c2=O)O[C@H](CO)[C@](O)(S(C)(=O)=O)[C@H]1O. The number of aromatic nitrogens is 2. The number of methoxy groups -OCH3 is 2. The third-order valence-corrected chi connectivity index (χ3v) is 9.93. The lowest BCUT2D eigenvalue weighted by Gasteiger charge is -2.51. The number of benzene rings is 3. The van der Waals surface area contributed by atoms with Crippen molar-refractivity contribution in [2.45, 2.75) is 28.3 Å². The largest absolute Gasteiger partial charge is 0.496 e. The molecule has 0 unspecified atom stereocenters. The molecule has 3 aromatic carbocycles. The highest BCUT2D eigenvalue weighted by Gasteiger charge is 2.77. The van der Waals surface area contributed by atoms with Gasteiger partial charge in [-0.05, 0) is 17.7 Å². The number of ether oxygens (including phenoxy) is 3. The molecular weight excluding hydrogens is 592 g/mol. The van der Waals surface area contributed by atoms with E-state index in [0.717, 1.165) is 16.8 Å². The summed E-state index contributed by atoms with van der Waals surface area (Å²) in [7, 11) is -1.86. The van der Waals surface area contributed by atoms with Gasteiger partial charge in [0.2, 0.25) is 4.93 Å². The highest BCUT2D eigenvalue weighted by atomic mass is 32.2. The second-order valence-electron chi connectivity index (χ2n) is 10.4. The lowest BCUT2D eigenvalue weighted by atomic mass is 9.60. The second-order valence-corrected chi connectivity index (χ2v) is 12.6. The summed E-state index contributed by atoms with van der Waals surface area (Å²) >= 11 is 0. The number of nitrogens with one attached hydrogen (secondary N) is 1. The molecule has 4 atom stereocenters.